The van der Waals surface area contributed by atoms with E-state index in [0.29, 0.717) is 12.1 Å². The zero-order chi connectivity index (χ0) is 13.7. The van der Waals surface area contributed by atoms with Gasteiger partial charge in [-0.25, -0.2) is 4.79 Å². The molecule has 1 aliphatic rings. The lowest BCUT2D eigenvalue weighted by molar-refractivity contribution is -0.115. The van der Waals surface area contributed by atoms with Crippen molar-refractivity contribution in [3.05, 3.63) is 35.7 Å². The topological polar surface area (TPSA) is 79.3 Å². The Morgan fingerprint density at radius 3 is 2.84 bits per heavy atom. The fourth-order valence-electron chi connectivity index (χ4n) is 2.10. The first-order valence-electron chi connectivity index (χ1n) is 6.31. The van der Waals surface area contributed by atoms with E-state index in [9.17, 15) is 9.59 Å². The van der Waals surface area contributed by atoms with Crippen LogP contribution in [0.15, 0.2) is 30.1 Å². The normalized spacial score (nSPS) is 14.6. The van der Waals surface area contributed by atoms with Gasteiger partial charge in [0.2, 0.25) is 5.91 Å². The highest BCUT2D eigenvalue weighted by molar-refractivity contribution is 5.94. The summed E-state index contributed by atoms with van der Waals surface area (Å²) in [5, 5.41) is 11.5. The lowest BCUT2D eigenvalue weighted by Crippen LogP contribution is -2.13. The molecule has 5 nitrogen and oxygen atoms in total. The minimum absolute atomic E-state index is 0.0645. The average Bonchev–Trinajstić information content (AvgIpc) is 2.40. The molecule has 0 radical (unpaired) electrons. The van der Waals surface area contributed by atoms with Gasteiger partial charge in [0, 0.05) is 12.6 Å². The van der Waals surface area contributed by atoms with E-state index in [1.54, 1.807) is 0 Å². The fourth-order valence-corrected chi connectivity index (χ4v) is 2.10. The summed E-state index contributed by atoms with van der Waals surface area (Å²) in [5.41, 5.74) is 1.64. The smallest absolute Gasteiger partial charge is 0.337 e. The Balaban J connectivity index is 1.96. The van der Waals surface area contributed by atoms with Crippen LogP contribution >= 0.6 is 0 Å². The molecule has 1 aromatic rings. The van der Waals surface area contributed by atoms with Crippen molar-refractivity contribution in [2.45, 2.75) is 32.1 Å². The molecule has 0 unspecified atom stereocenters. The van der Waals surface area contributed by atoms with Crippen LogP contribution in [0.4, 0.5) is 5.69 Å². The van der Waals surface area contributed by atoms with Crippen molar-refractivity contribution in [1.29, 1.82) is 0 Å². The summed E-state index contributed by atoms with van der Waals surface area (Å²) in [6, 6.07) is 1.41. The molecule has 0 aromatic carbocycles. The van der Waals surface area contributed by atoms with Gasteiger partial charge < -0.3 is 10.4 Å². The maximum atomic E-state index is 11.8. The van der Waals surface area contributed by atoms with Gasteiger partial charge in [0.25, 0.3) is 0 Å². The van der Waals surface area contributed by atoms with Crippen LogP contribution in [-0.2, 0) is 4.79 Å². The van der Waals surface area contributed by atoms with Gasteiger partial charge in [-0.15, -0.1) is 0 Å². The monoisotopic (exact) mass is 260 g/mol. The molecule has 1 aromatic heterocycles. The molecule has 1 aliphatic carbocycles. The van der Waals surface area contributed by atoms with E-state index in [4.69, 9.17) is 5.11 Å². The van der Waals surface area contributed by atoms with Crippen LogP contribution in [0.2, 0.25) is 0 Å². The first-order valence-corrected chi connectivity index (χ1v) is 6.31. The zero-order valence-corrected chi connectivity index (χ0v) is 10.6. The molecule has 5 heteroatoms. The van der Waals surface area contributed by atoms with Crippen LogP contribution in [-0.4, -0.2) is 22.0 Å². The number of carbonyl (C=O) groups excluding carboxylic acids is 1. The van der Waals surface area contributed by atoms with E-state index in [1.165, 1.54) is 24.9 Å². The number of anilines is 1. The number of nitrogens with one attached hydrogen (secondary N) is 1. The third-order valence-electron chi connectivity index (χ3n) is 3.04. The molecule has 0 fully saturated rings. The number of hydrogen-bond acceptors (Lipinski definition) is 3. The maximum absolute atomic E-state index is 11.8. The second-order valence-corrected chi connectivity index (χ2v) is 4.60. The minimum atomic E-state index is -1.06. The van der Waals surface area contributed by atoms with Crippen molar-refractivity contribution in [3.8, 4) is 0 Å². The SMILES string of the molecule is O=C(CC1=CCCCC1)Nc1cncc(C(=O)O)c1. The van der Waals surface area contributed by atoms with Gasteiger partial charge in [0.1, 0.15) is 0 Å². The Morgan fingerprint density at radius 2 is 2.16 bits per heavy atom. The number of pyridine rings is 1. The van der Waals surface area contributed by atoms with Gasteiger partial charge >= 0.3 is 5.97 Å². The molecular weight excluding hydrogens is 244 g/mol. The van der Waals surface area contributed by atoms with E-state index < -0.39 is 5.97 Å². The van der Waals surface area contributed by atoms with Crippen LogP contribution < -0.4 is 5.32 Å². The molecule has 0 spiro atoms. The second-order valence-electron chi connectivity index (χ2n) is 4.60. The number of carbonyl (C=O) groups is 2. The molecule has 2 N–H and O–H groups in total. The Morgan fingerprint density at radius 1 is 1.32 bits per heavy atom. The molecule has 100 valence electrons. The third kappa shape index (κ3) is 3.91. The van der Waals surface area contributed by atoms with Gasteiger partial charge in [-0.1, -0.05) is 11.6 Å². The van der Waals surface area contributed by atoms with E-state index in [0.717, 1.165) is 24.8 Å². The number of rotatable bonds is 4. The summed E-state index contributed by atoms with van der Waals surface area (Å²) < 4.78 is 0. The second kappa shape index (κ2) is 6.13. The van der Waals surface area contributed by atoms with Crippen LogP contribution in [0.5, 0.6) is 0 Å². The van der Waals surface area contributed by atoms with Crippen LogP contribution in [0.25, 0.3) is 0 Å². The summed E-state index contributed by atoms with van der Waals surface area (Å²) >= 11 is 0. The van der Waals surface area contributed by atoms with Gasteiger partial charge in [0.05, 0.1) is 17.4 Å². The highest BCUT2D eigenvalue weighted by atomic mass is 16.4. The van der Waals surface area contributed by atoms with Crippen LogP contribution in [0.3, 0.4) is 0 Å². The molecule has 0 bridgehead atoms. The Bertz CT molecular complexity index is 523. The van der Waals surface area contributed by atoms with Gasteiger partial charge in [-0.3, -0.25) is 9.78 Å². The molecular formula is C14H16N2O3. The summed E-state index contributed by atoms with van der Waals surface area (Å²) in [5.74, 6) is -1.18. The van der Waals surface area contributed by atoms with Gasteiger partial charge in [-0.05, 0) is 31.7 Å². The molecule has 2 rings (SSSR count). The predicted molar refractivity (Wildman–Crippen MR) is 71.0 cm³/mol. The van der Waals surface area contributed by atoms with E-state index in [1.807, 2.05) is 0 Å². The minimum Gasteiger partial charge on any atom is -0.478 e. The zero-order valence-electron chi connectivity index (χ0n) is 10.6. The number of hydrogen-bond donors (Lipinski definition) is 2. The van der Waals surface area contributed by atoms with Crippen molar-refractivity contribution in [2.24, 2.45) is 0 Å². The molecule has 19 heavy (non-hydrogen) atoms. The van der Waals surface area contributed by atoms with E-state index in [2.05, 4.69) is 16.4 Å². The summed E-state index contributed by atoms with van der Waals surface area (Å²) in [6.07, 6.45) is 9.53. The van der Waals surface area contributed by atoms with Crippen molar-refractivity contribution in [1.82, 2.24) is 4.98 Å². The number of nitrogens with zero attached hydrogens (tertiary/aromatic N) is 1. The Hall–Kier alpha value is -2.17. The Kier molecular flexibility index (Phi) is 4.28. The maximum Gasteiger partial charge on any atom is 0.337 e. The van der Waals surface area contributed by atoms with Gasteiger partial charge in [-0.2, -0.15) is 0 Å². The molecule has 1 amide bonds. The van der Waals surface area contributed by atoms with Crippen molar-refractivity contribution in [3.63, 3.8) is 0 Å². The van der Waals surface area contributed by atoms with Crippen molar-refractivity contribution in [2.75, 3.05) is 5.32 Å². The number of carboxylic acids is 1. The first kappa shape index (κ1) is 13.3. The highest BCUT2D eigenvalue weighted by Gasteiger charge is 2.10. The number of aromatic nitrogens is 1. The Labute approximate surface area is 111 Å². The molecule has 0 atom stereocenters. The lowest BCUT2D eigenvalue weighted by atomic mass is 9.97. The number of aromatic carboxylic acids is 1. The standard InChI is InChI=1S/C14H16N2O3/c17-13(6-10-4-2-1-3-5-10)16-12-7-11(14(18)19)8-15-9-12/h4,7-9H,1-3,5-6H2,(H,16,17)(H,18,19). The summed E-state index contributed by atoms with van der Waals surface area (Å²) in [4.78, 5) is 26.4. The van der Waals surface area contributed by atoms with Crippen LogP contribution in [0.1, 0.15) is 42.5 Å². The molecule has 0 aliphatic heterocycles. The summed E-state index contributed by atoms with van der Waals surface area (Å²) in [6.45, 7) is 0. The van der Waals surface area contributed by atoms with Gasteiger partial charge in [0.15, 0.2) is 0 Å². The fraction of sp³-hybridized carbons (Fsp3) is 0.357. The quantitative estimate of drug-likeness (QED) is 0.815. The molecule has 0 saturated carbocycles. The molecule has 0 saturated heterocycles. The number of carboxylic acid groups (broad SMARTS) is 1. The van der Waals surface area contributed by atoms with Crippen molar-refractivity contribution < 1.29 is 14.7 Å². The lowest BCUT2D eigenvalue weighted by Gasteiger charge is -2.12. The van der Waals surface area contributed by atoms with Crippen molar-refractivity contribution >= 4 is 17.6 Å². The summed E-state index contributed by atoms with van der Waals surface area (Å²) in [7, 11) is 0. The number of amides is 1. The largest absolute Gasteiger partial charge is 0.478 e. The van der Waals surface area contributed by atoms with E-state index >= 15 is 0 Å². The van der Waals surface area contributed by atoms with E-state index in [-0.39, 0.29) is 11.5 Å². The number of allylic oxidation sites excluding steroid dienone is 1. The predicted octanol–water partition coefficient (Wildman–Crippen LogP) is 2.61. The average molecular weight is 260 g/mol. The highest BCUT2D eigenvalue weighted by Crippen LogP contribution is 2.20. The molecule has 1 heterocycles. The first-order chi connectivity index (χ1) is 9.15. The van der Waals surface area contributed by atoms with Crippen LogP contribution in [0, 0.1) is 0 Å². The third-order valence-corrected chi connectivity index (χ3v) is 3.04.